The van der Waals surface area contributed by atoms with Crippen LogP contribution in [-0.2, 0) is 4.43 Å². The van der Waals surface area contributed by atoms with Crippen LogP contribution >= 0.6 is 11.6 Å². The first-order valence-corrected chi connectivity index (χ1v) is 7.68. The quantitative estimate of drug-likeness (QED) is 0.225. The Morgan fingerprint density at radius 1 is 1.58 bits per heavy atom. The fourth-order valence-corrected chi connectivity index (χ4v) is 2.17. The lowest BCUT2D eigenvalue weighted by molar-refractivity contribution is 0.225. The lowest BCUT2D eigenvalue weighted by atomic mass is 10.4. The normalized spacial score (nSPS) is 13.7. The summed E-state index contributed by atoms with van der Waals surface area (Å²) in [5.41, 5.74) is 8.08. The Labute approximate surface area is 78.6 Å². The minimum absolute atomic E-state index is 0.130. The van der Waals surface area contributed by atoms with E-state index in [1.807, 2.05) is 0 Å². The Morgan fingerprint density at radius 2 is 2.17 bits per heavy atom. The SMILES string of the molecule is C[Si](C)(C)O[C@@H](CCl)CN=[N+]=[N-]. The van der Waals surface area contributed by atoms with Gasteiger partial charge in [0.2, 0.25) is 0 Å². The van der Waals surface area contributed by atoms with Gasteiger partial charge in [-0.3, -0.25) is 0 Å². The summed E-state index contributed by atoms with van der Waals surface area (Å²) in [5, 5.41) is 3.42. The highest BCUT2D eigenvalue weighted by molar-refractivity contribution is 6.69. The molecule has 0 aromatic heterocycles. The molecule has 0 bridgehead atoms. The number of hydrogen-bond acceptors (Lipinski definition) is 2. The minimum atomic E-state index is -1.56. The first kappa shape index (κ1) is 11.8. The fraction of sp³-hybridized carbons (Fsp3) is 1.00. The molecule has 70 valence electrons. The van der Waals surface area contributed by atoms with Crippen LogP contribution in [-0.4, -0.2) is 26.8 Å². The van der Waals surface area contributed by atoms with Crippen molar-refractivity contribution in [3.05, 3.63) is 10.4 Å². The smallest absolute Gasteiger partial charge is 0.184 e. The molecule has 0 rings (SSSR count). The number of halogens is 1. The lowest BCUT2D eigenvalue weighted by Crippen LogP contribution is -2.34. The molecule has 12 heavy (non-hydrogen) atoms. The van der Waals surface area contributed by atoms with E-state index in [0.29, 0.717) is 12.4 Å². The third-order valence-electron chi connectivity index (χ3n) is 1.04. The van der Waals surface area contributed by atoms with Gasteiger partial charge in [-0.05, 0) is 25.2 Å². The van der Waals surface area contributed by atoms with Gasteiger partial charge in [-0.25, -0.2) is 0 Å². The monoisotopic (exact) mass is 207 g/mol. The second-order valence-electron chi connectivity index (χ2n) is 3.42. The second-order valence-corrected chi connectivity index (χ2v) is 8.19. The van der Waals surface area contributed by atoms with E-state index < -0.39 is 8.32 Å². The molecule has 4 nitrogen and oxygen atoms in total. The van der Waals surface area contributed by atoms with Crippen molar-refractivity contribution in [2.24, 2.45) is 5.11 Å². The number of azide groups is 1. The van der Waals surface area contributed by atoms with E-state index in [1.165, 1.54) is 0 Å². The Morgan fingerprint density at radius 3 is 2.50 bits per heavy atom. The Hall–Kier alpha value is -0.223. The molecule has 0 amide bonds. The van der Waals surface area contributed by atoms with Crippen molar-refractivity contribution >= 4 is 19.9 Å². The van der Waals surface area contributed by atoms with E-state index in [0.717, 1.165) is 0 Å². The summed E-state index contributed by atoms with van der Waals surface area (Å²) in [4.78, 5) is 2.66. The molecule has 0 radical (unpaired) electrons. The van der Waals surface area contributed by atoms with E-state index in [4.69, 9.17) is 21.6 Å². The van der Waals surface area contributed by atoms with Crippen molar-refractivity contribution in [2.75, 3.05) is 12.4 Å². The molecule has 0 aliphatic rings. The van der Waals surface area contributed by atoms with Gasteiger partial charge in [0.05, 0.1) is 12.6 Å². The van der Waals surface area contributed by atoms with Gasteiger partial charge in [0, 0.05) is 10.8 Å². The van der Waals surface area contributed by atoms with Gasteiger partial charge < -0.3 is 4.43 Å². The molecule has 0 saturated heterocycles. The van der Waals surface area contributed by atoms with Crippen molar-refractivity contribution in [3.8, 4) is 0 Å². The molecular weight excluding hydrogens is 194 g/mol. The van der Waals surface area contributed by atoms with Crippen LogP contribution in [0, 0.1) is 0 Å². The van der Waals surface area contributed by atoms with E-state index in [1.54, 1.807) is 0 Å². The van der Waals surface area contributed by atoms with Crippen LogP contribution in [0.1, 0.15) is 0 Å². The molecule has 0 heterocycles. The van der Waals surface area contributed by atoms with Crippen molar-refractivity contribution in [3.63, 3.8) is 0 Å². The van der Waals surface area contributed by atoms with Crippen LogP contribution in [0.4, 0.5) is 0 Å². The molecular formula is C6H14ClN3OSi. The van der Waals surface area contributed by atoms with E-state index in [-0.39, 0.29) is 6.10 Å². The molecule has 0 aliphatic carbocycles. The van der Waals surface area contributed by atoms with Crippen LogP contribution < -0.4 is 0 Å². The van der Waals surface area contributed by atoms with Gasteiger partial charge in [-0.1, -0.05) is 5.11 Å². The van der Waals surface area contributed by atoms with Crippen molar-refractivity contribution in [2.45, 2.75) is 25.7 Å². The maximum Gasteiger partial charge on any atom is 0.184 e. The zero-order chi connectivity index (χ0) is 9.61. The molecule has 0 saturated carbocycles. The average Bonchev–Trinajstić information content (AvgIpc) is 1.95. The highest BCUT2D eigenvalue weighted by Gasteiger charge is 2.19. The zero-order valence-electron chi connectivity index (χ0n) is 7.62. The van der Waals surface area contributed by atoms with Gasteiger partial charge in [0.15, 0.2) is 8.32 Å². The molecule has 0 aromatic carbocycles. The molecule has 0 aromatic rings. The van der Waals surface area contributed by atoms with Crippen LogP contribution in [0.5, 0.6) is 0 Å². The predicted molar refractivity (Wildman–Crippen MR) is 53.0 cm³/mol. The van der Waals surface area contributed by atoms with Gasteiger partial charge in [-0.15, -0.1) is 11.6 Å². The van der Waals surface area contributed by atoms with Gasteiger partial charge in [-0.2, -0.15) is 0 Å². The molecule has 0 unspecified atom stereocenters. The van der Waals surface area contributed by atoms with E-state index >= 15 is 0 Å². The molecule has 0 fully saturated rings. The predicted octanol–water partition coefficient (Wildman–Crippen LogP) is 2.76. The molecule has 0 aliphatic heterocycles. The number of nitrogens with zero attached hydrogens (tertiary/aromatic N) is 3. The summed E-state index contributed by atoms with van der Waals surface area (Å²) < 4.78 is 5.63. The molecule has 0 N–H and O–H groups in total. The maximum absolute atomic E-state index is 8.08. The van der Waals surface area contributed by atoms with Crippen molar-refractivity contribution in [1.29, 1.82) is 0 Å². The minimum Gasteiger partial charge on any atom is -0.413 e. The second kappa shape index (κ2) is 5.43. The maximum atomic E-state index is 8.08. The van der Waals surface area contributed by atoms with E-state index in [9.17, 15) is 0 Å². The average molecular weight is 208 g/mol. The van der Waals surface area contributed by atoms with E-state index in [2.05, 4.69) is 29.7 Å². The van der Waals surface area contributed by atoms with Crippen molar-refractivity contribution in [1.82, 2.24) is 0 Å². The summed E-state index contributed by atoms with van der Waals surface area (Å²) in [6, 6.07) is 0. The molecule has 6 heteroatoms. The molecule has 0 spiro atoms. The summed E-state index contributed by atoms with van der Waals surface area (Å²) in [6.07, 6.45) is -0.130. The summed E-state index contributed by atoms with van der Waals surface area (Å²) in [6.45, 7) is 6.54. The first-order chi connectivity index (χ1) is 5.49. The highest BCUT2D eigenvalue weighted by Crippen LogP contribution is 2.08. The Bertz CT molecular complexity index is 176. The number of alkyl halides is 1. The van der Waals surface area contributed by atoms with Gasteiger partial charge in [0.25, 0.3) is 0 Å². The first-order valence-electron chi connectivity index (χ1n) is 3.74. The number of hydrogen-bond donors (Lipinski definition) is 0. The van der Waals surface area contributed by atoms with Crippen molar-refractivity contribution < 1.29 is 4.43 Å². The van der Waals surface area contributed by atoms with Gasteiger partial charge in [0.1, 0.15) is 0 Å². The van der Waals surface area contributed by atoms with Crippen LogP contribution in [0.2, 0.25) is 19.6 Å². The standard InChI is InChI=1S/C6H14ClN3OSi/c1-12(2,3)11-6(4-7)5-9-10-8/h6H,4-5H2,1-3H3/t6-/m0/s1. The highest BCUT2D eigenvalue weighted by atomic mass is 35.5. The van der Waals surface area contributed by atoms with Gasteiger partial charge >= 0.3 is 0 Å². The topological polar surface area (TPSA) is 58.0 Å². The van der Waals surface area contributed by atoms with Crippen LogP contribution in [0.25, 0.3) is 10.4 Å². The summed E-state index contributed by atoms with van der Waals surface area (Å²) in [5.74, 6) is 0.378. The summed E-state index contributed by atoms with van der Waals surface area (Å²) in [7, 11) is -1.56. The third kappa shape index (κ3) is 6.48. The lowest BCUT2D eigenvalue weighted by Gasteiger charge is -2.23. The number of rotatable bonds is 5. The fourth-order valence-electron chi connectivity index (χ4n) is 0.745. The third-order valence-corrected chi connectivity index (χ3v) is 2.43. The largest absolute Gasteiger partial charge is 0.413 e. The van der Waals surface area contributed by atoms with Crippen LogP contribution in [0.3, 0.4) is 0 Å². The zero-order valence-corrected chi connectivity index (χ0v) is 9.38. The summed E-state index contributed by atoms with van der Waals surface area (Å²) >= 11 is 5.62. The molecule has 1 atom stereocenters. The Kier molecular flexibility index (Phi) is 5.33. The van der Waals surface area contributed by atoms with Crippen LogP contribution in [0.15, 0.2) is 5.11 Å². The Balaban J connectivity index is 3.91.